The standard InChI is InChI=1S/C17H18N4O3S/c1-11-7-8-14(10-12(11)2)25(23,24)20-19-17(22)16-13(3)18-15-6-4-5-9-21(15)16/h4-10,20H,1-3H3,(H,19,22). The Labute approximate surface area is 145 Å². The first-order valence-electron chi connectivity index (χ1n) is 7.63. The smallest absolute Gasteiger partial charge is 0.285 e. The summed E-state index contributed by atoms with van der Waals surface area (Å²) in [5.41, 5.74) is 5.49. The van der Waals surface area contributed by atoms with Gasteiger partial charge in [-0.2, -0.15) is 0 Å². The van der Waals surface area contributed by atoms with Crippen molar-refractivity contribution in [3.8, 4) is 0 Å². The van der Waals surface area contributed by atoms with Crippen molar-refractivity contribution in [2.45, 2.75) is 25.7 Å². The molecule has 0 fully saturated rings. The predicted molar refractivity (Wildman–Crippen MR) is 93.6 cm³/mol. The lowest BCUT2D eigenvalue weighted by atomic mass is 10.1. The van der Waals surface area contributed by atoms with Crippen LogP contribution in [0.15, 0.2) is 47.5 Å². The van der Waals surface area contributed by atoms with Crippen LogP contribution in [0.3, 0.4) is 0 Å². The minimum absolute atomic E-state index is 0.0887. The van der Waals surface area contributed by atoms with Gasteiger partial charge in [-0.05, 0) is 56.2 Å². The van der Waals surface area contributed by atoms with Gasteiger partial charge < -0.3 is 0 Å². The number of pyridine rings is 1. The summed E-state index contributed by atoms with van der Waals surface area (Å²) in [7, 11) is -3.86. The van der Waals surface area contributed by atoms with Gasteiger partial charge in [0, 0.05) is 6.20 Å². The third-order valence-corrected chi connectivity index (χ3v) is 5.25. The number of nitrogens with zero attached hydrogens (tertiary/aromatic N) is 2. The number of amides is 1. The van der Waals surface area contributed by atoms with E-state index in [-0.39, 0.29) is 10.6 Å². The second-order valence-corrected chi connectivity index (χ2v) is 7.46. The molecule has 1 aromatic carbocycles. The highest BCUT2D eigenvalue weighted by Gasteiger charge is 2.20. The molecule has 0 saturated heterocycles. The zero-order valence-electron chi connectivity index (χ0n) is 14.1. The van der Waals surface area contributed by atoms with Gasteiger partial charge in [0.05, 0.1) is 10.6 Å². The average molecular weight is 358 g/mol. The quantitative estimate of drug-likeness (QED) is 0.697. The molecule has 0 saturated carbocycles. The zero-order valence-corrected chi connectivity index (χ0v) is 14.9. The van der Waals surface area contributed by atoms with E-state index in [4.69, 9.17) is 0 Å². The number of hydrazine groups is 1. The molecule has 0 aliphatic heterocycles. The molecule has 130 valence electrons. The third-order valence-electron chi connectivity index (χ3n) is 4.01. The lowest BCUT2D eigenvalue weighted by Gasteiger charge is -2.10. The Morgan fingerprint density at radius 3 is 2.56 bits per heavy atom. The van der Waals surface area contributed by atoms with Crippen LogP contribution in [0.2, 0.25) is 0 Å². The number of imidazole rings is 1. The molecule has 2 aromatic heterocycles. The number of carbonyl (C=O) groups excluding carboxylic acids is 1. The van der Waals surface area contributed by atoms with Crippen LogP contribution >= 0.6 is 0 Å². The number of benzene rings is 1. The molecule has 3 rings (SSSR count). The van der Waals surface area contributed by atoms with E-state index in [9.17, 15) is 13.2 Å². The minimum atomic E-state index is -3.86. The van der Waals surface area contributed by atoms with Crippen molar-refractivity contribution in [2.75, 3.05) is 0 Å². The molecule has 2 heterocycles. The summed E-state index contributed by atoms with van der Waals surface area (Å²) in [4.78, 5) is 18.9. The van der Waals surface area contributed by atoms with E-state index in [0.29, 0.717) is 11.3 Å². The Balaban J connectivity index is 1.83. The number of carbonyl (C=O) groups is 1. The van der Waals surface area contributed by atoms with Crippen molar-refractivity contribution < 1.29 is 13.2 Å². The van der Waals surface area contributed by atoms with E-state index in [2.05, 4.69) is 15.2 Å². The summed E-state index contributed by atoms with van der Waals surface area (Å²) in [5, 5.41) is 0. The molecule has 2 N–H and O–H groups in total. The lowest BCUT2D eigenvalue weighted by molar-refractivity contribution is 0.0938. The highest BCUT2D eigenvalue weighted by atomic mass is 32.2. The van der Waals surface area contributed by atoms with Crippen LogP contribution in [0, 0.1) is 20.8 Å². The summed E-state index contributed by atoms with van der Waals surface area (Å²) in [6.07, 6.45) is 1.70. The minimum Gasteiger partial charge on any atom is -0.295 e. The second-order valence-electron chi connectivity index (χ2n) is 5.78. The Morgan fingerprint density at radius 2 is 1.84 bits per heavy atom. The maximum Gasteiger partial charge on any atom is 0.285 e. The Hall–Kier alpha value is -2.71. The van der Waals surface area contributed by atoms with Crippen LogP contribution in [0.5, 0.6) is 0 Å². The van der Waals surface area contributed by atoms with Gasteiger partial charge in [0.2, 0.25) is 0 Å². The topological polar surface area (TPSA) is 92.6 Å². The molecule has 25 heavy (non-hydrogen) atoms. The van der Waals surface area contributed by atoms with Crippen LogP contribution in [0.1, 0.15) is 27.3 Å². The maximum absolute atomic E-state index is 12.4. The third kappa shape index (κ3) is 3.26. The molecule has 0 aliphatic carbocycles. The van der Waals surface area contributed by atoms with Crippen LogP contribution in [0.25, 0.3) is 5.65 Å². The van der Waals surface area contributed by atoms with Crippen LogP contribution in [-0.4, -0.2) is 23.7 Å². The molecule has 0 bridgehead atoms. The first-order valence-corrected chi connectivity index (χ1v) is 9.11. The summed E-state index contributed by atoms with van der Waals surface area (Å²) in [5.74, 6) is -0.580. The van der Waals surface area contributed by atoms with Gasteiger partial charge in [-0.3, -0.25) is 14.6 Å². The zero-order chi connectivity index (χ0) is 18.2. The number of fused-ring (bicyclic) bond motifs is 1. The molecular weight excluding hydrogens is 340 g/mol. The SMILES string of the molecule is Cc1ccc(S(=O)(=O)NNC(=O)c2c(C)nc3ccccn23)cc1C. The summed E-state index contributed by atoms with van der Waals surface area (Å²) < 4.78 is 26.3. The summed E-state index contributed by atoms with van der Waals surface area (Å²) in [6.45, 7) is 5.42. The van der Waals surface area contributed by atoms with Crippen molar-refractivity contribution in [1.29, 1.82) is 0 Å². The molecule has 0 radical (unpaired) electrons. The van der Waals surface area contributed by atoms with Gasteiger partial charge in [0.15, 0.2) is 0 Å². The van der Waals surface area contributed by atoms with Crippen LogP contribution in [0.4, 0.5) is 0 Å². The van der Waals surface area contributed by atoms with E-state index in [1.165, 1.54) is 6.07 Å². The number of hydrogen-bond acceptors (Lipinski definition) is 4. The molecule has 7 nitrogen and oxygen atoms in total. The molecule has 0 unspecified atom stereocenters. The van der Waals surface area contributed by atoms with E-state index in [0.717, 1.165) is 11.1 Å². The van der Waals surface area contributed by atoms with E-state index < -0.39 is 15.9 Å². The van der Waals surface area contributed by atoms with Crippen LogP contribution in [-0.2, 0) is 10.0 Å². The van der Waals surface area contributed by atoms with Gasteiger partial charge >= 0.3 is 0 Å². The monoisotopic (exact) mass is 358 g/mol. The molecule has 3 aromatic rings. The maximum atomic E-state index is 12.4. The molecular formula is C17H18N4O3S. The molecule has 0 atom stereocenters. The number of rotatable bonds is 4. The van der Waals surface area contributed by atoms with Gasteiger partial charge in [0.1, 0.15) is 11.3 Å². The van der Waals surface area contributed by atoms with E-state index in [1.807, 2.05) is 19.9 Å². The van der Waals surface area contributed by atoms with Crippen molar-refractivity contribution in [1.82, 2.24) is 19.6 Å². The fraction of sp³-hybridized carbons (Fsp3) is 0.176. The van der Waals surface area contributed by atoms with Gasteiger partial charge in [0.25, 0.3) is 15.9 Å². The van der Waals surface area contributed by atoms with E-state index in [1.54, 1.807) is 41.8 Å². The van der Waals surface area contributed by atoms with Gasteiger partial charge in [-0.1, -0.05) is 12.1 Å². The highest BCUT2D eigenvalue weighted by molar-refractivity contribution is 7.89. The molecule has 1 amide bonds. The molecule has 8 heteroatoms. The largest absolute Gasteiger partial charge is 0.295 e. The van der Waals surface area contributed by atoms with Crippen LogP contribution < -0.4 is 10.3 Å². The van der Waals surface area contributed by atoms with E-state index >= 15 is 0 Å². The van der Waals surface area contributed by atoms with Crippen molar-refractivity contribution in [3.05, 3.63) is 65.1 Å². The van der Waals surface area contributed by atoms with Gasteiger partial charge in [-0.25, -0.2) is 13.4 Å². The number of hydrogen-bond donors (Lipinski definition) is 2. The first kappa shape index (κ1) is 17.1. The lowest BCUT2D eigenvalue weighted by Crippen LogP contribution is -2.42. The fourth-order valence-electron chi connectivity index (χ4n) is 2.50. The molecule has 0 spiro atoms. The Bertz CT molecular complexity index is 1070. The number of aromatic nitrogens is 2. The summed E-state index contributed by atoms with van der Waals surface area (Å²) in [6, 6.07) is 10.1. The fourth-order valence-corrected chi connectivity index (χ4v) is 3.42. The second kappa shape index (κ2) is 6.30. The van der Waals surface area contributed by atoms with Crippen molar-refractivity contribution >= 4 is 21.6 Å². The van der Waals surface area contributed by atoms with Gasteiger partial charge in [-0.15, -0.1) is 4.83 Å². The average Bonchev–Trinajstić information content (AvgIpc) is 2.91. The summed E-state index contributed by atoms with van der Waals surface area (Å²) >= 11 is 0. The Kier molecular flexibility index (Phi) is 4.32. The molecule has 0 aliphatic rings. The normalized spacial score (nSPS) is 11.6. The van der Waals surface area contributed by atoms with Crippen molar-refractivity contribution in [2.24, 2.45) is 0 Å². The first-order chi connectivity index (χ1) is 11.8. The highest BCUT2D eigenvalue weighted by Crippen LogP contribution is 2.15. The number of nitrogens with one attached hydrogen (secondary N) is 2. The van der Waals surface area contributed by atoms with Crippen molar-refractivity contribution in [3.63, 3.8) is 0 Å². The number of aryl methyl sites for hydroxylation is 3. The predicted octanol–water partition coefficient (Wildman–Crippen LogP) is 1.88. The number of sulfonamides is 1. The Morgan fingerprint density at radius 1 is 1.08 bits per heavy atom.